The molecule has 0 radical (unpaired) electrons. The molecule has 4 aromatic rings. The Bertz CT molecular complexity index is 1080. The SMILES string of the molecule is O=C(NCc1ccccn1)c1cnn(-c2ccc(F)cc2)c1-c1ccccc1. The number of halogens is 1. The van der Waals surface area contributed by atoms with Gasteiger partial charge in [-0.2, -0.15) is 5.10 Å². The number of nitrogens with one attached hydrogen (secondary N) is 1. The third kappa shape index (κ3) is 3.66. The van der Waals surface area contributed by atoms with Crippen molar-refractivity contribution < 1.29 is 9.18 Å². The molecule has 0 saturated carbocycles. The van der Waals surface area contributed by atoms with E-state index in [1.165, 1.54) is 18.3 Å². The summed E-state index contributed by atoms with van der Waals surface area (Å²) in [4.78, 5) is 17.1. The van der Waals surface area contributed by atoms with Crippen LogP contribution in [0.4, 0.5) is 4.39 Å². The molecule has 0 unspecified atom stereocenters. The first-order valence-corrected chi connectivity index (χ1v) is 8.80. The van der Waals surface area contributed by atoms with Crippen molar-refractivity contribution in [1.29, 1.82) is 0 Å². The number of nitrogens with zero attached hydrogens (tertiary/aromatic N) is 3. The molecule has 28 heavy (non-hydrogen) atoms. The van der Waals surface area contributed by atoms with E-state index in [-0.39, 0.29) is 11.7 Å². The lowest BCUT2D eigenvalue weighted by molar-refractivity contribution is 0.0951. The van der Waals surface area contributed by atoms with Crippen LogP contribution in [0.5, 0.6) is 0 Å². The summed E-state index contributed by atoms with van der Waals surface area (Å²) in [5, 5.41) is 7.27. The van der Waals surface area contributed by atoms with Crippen LogP contribution in [-0.2, 0) is 6.54 Å². The van der Waals surface area contributed by atoms with Crippen LogP contribution in [0.25, 0.3) is 16.9 Å². The number of carbonyl (C=O) groups is 1. The summed E-state index contributed by atoms with van der Waals surface area (Å²) in [5.74, 6) is -0.580. The Kier molecular flexibility index (Phi) is 4.93. The molecular weight excluding hydrogens is 355 g/mol. The summed E-state index contributed by atoms with van der Waals surface area (Å²) < 4.78 is 15.0. The average molecular weight is 372 g/mol. The highest BCUT2D eigenvalue weighted by atomic mass is 19.1. The van der Waals surface area contributed by atoms with Crippen molar-refractivity contribution in [2.24, 2.45) is 0 Å². The van der Waals surface area contributed by atoms with E-state index in [0.717, 1.165) is 11.3 Å². The summed E-state index contributed by atoms with van der Waals surface area (Å²) in [6, 6.07) is 21.1. The lowest BCUT2D eigenvalue weighted by Gasteiger charge is -2.10. The van der Waals surface area contributed by atoms with Crippen molar-refractivity contribution in [2.45, 2.75) is 6.54 Å². The van der Waals surface area contributed by atoms with E-state index in [9.17, 15) is 9.18 Å². The van der Waals surface area contributed by atoms with Crippen molar-refractivity contribution in [3.63, 3.8) is 0 Å². The van der Waals surface area contributed by atoms with Crippen LogP contribution in [0.1, 0.15) is 16.1 Å². The molecule has 0 aliphatic carbocycles. The highest BCUT2D eigenvalue weighted by molar-refractivity contribution is 6.00. The van der Waals surface area contributed by atoms with Gasteiger partial charge >= 0.3 is 0 Å². The van der Waals surface area contributed by atoms with Gasteiger partial charge in [-0.15, -0.1) is 0 Å². The molecule has 0 spiro atoms. The molecule has 0 bridgehead atoms. The zero-order valence-electron chi connectivity index (χ0n) is 14.9. The number of carbonyl (C=O) groups excluding carboxylic acids is 1. The molecule has 0 saturated heterocycles. The smallest absolute Gasteiger partial charge is 0.255 e. The Hall–Kier alpha value is -3.80. The molecule has 0 fully saturated rings. The first kappa shape index (κ1) is 17.6. The summed E-state index contributed by atoms with van der Waals surface area (Å²) in [6.07, 6.45) is 3.21. The maximum Gasteiger partial charge on any atom is 0.255 e. The van der Waals surface area contributed by atoms with Crippen molar-refractivity contribution in [3.05, 3.63) is 102 Å². The molecule has 0 aliphatic heterocycles. The zero-order valence-corrected chi connectivity index (χ0v) is 14.9. The maximum atomic E-state index is 13.3. The molecule has 4 rings (SSSR count). The molecular formula is C22H17FN4O. The number of hydrogen-bond donors (Lipinski definition) is 1. The monoisotopic (exact) mass is 372 g/mol. The predicted molar refractivity (Wildman–Crippen MR) is 104 cm³/mol. The van der Waals surface area contributed by atoms with Gasteiger partial charge in [-0.25, -0.2) is 9.07 Å². The fourth-order valence-electron chi connectivity index (χ4n) is 2.94. The third-order valence-corrected chi connectivity index (χ3v) is 4.29. The fourth-order valence-corrected chi connectivity index (χ4v) is 2.94. The van der Waals surface area contributed by atoms with Crippen LogP contribution >= 0.6 is 0 Å². The Morgan fingerprint density at radius 1 is 0.964 bits per heavy atom. The van der Waals surface area contributed by atoms with Crippen molar-refractivity contribution in [1.82, 2.24) is 20.1 Å². The van der Waals surface area contributed by atoms with Crippen LogP contribution in [0.3, 0.4) is 0 Å². The maximum absolute atomic E-state index is 13.3. The van der Waals surface area contributed by atoms with Crippen LogP contribution in [0.2, 0.25) is 0 Å². The van der Waals surface area contributed by atoms with E-state index in [4.69, 9.17) is 0 Å². The molecule has 2 heterocycles. The molecule has 1 amide bonds. The van der Waals surface area contributed by atoms with Gasteiger partial charge in [0.25, 0.3) is 5.91 Å². The molecule has 2 aromatic carbocycles. The number of benzene rings is 2. The van der Waals surface area contributed by atoms with Gasteiger partial charge in [0.15, 0.2) is 0 Å². The average Bonchev–Trinajstić information content (AvgIpc) is 3.19. The van der Waals surface area contributed by atoms with E-state index < -0.39 is 0 Å². The minimum Gasteiger partial charge on any atom is -0.346 e. The Morgan fingerprint density at radius 3 is 2.43 bits per heavy atom. The van der Waals surface area contributed by atoms with Crippen LogP contribution in [0, 0.1) is 5.82 Å². The van der Waals surface area contributed by atoms with Crippen LogP contribution < -0.4 is 5.32 Å². The highest BCUT2D eigenvalue weighted by Crippen LogP contribution is 2.26. The second kappa shape index (κ2) is 7.84. The normalized spacial score (nSPS) is 10.6. The Balaban J connectivity index is 1.71. The quantitative estimate of drug-likeness (QED) is 0.576. The van der Waals surface area contributed by atoms with Gasteiger partial charge in [0.05, 0.1) is 35.4 Å². The van der Waals surface area contributed by atoms with E-state index >= 15 is 0 Å². The van der Waals surface area contributed by atoms with Crippen LogP contribution in [-0.4, -0.2) is 20.7 Å². The minimum atomic E-state index is -0.328. The topological polar surface area (TPSA) is 59.8 Å². The van der Waals surface area contributed by atoms with Gasteiger partial charge in [-0.05, 0) is 36.4 Å². The van der Waals surface area contributed by atoms with Crippen LogP contribution in [0.15, 0.2) is 85.2 Å². The predicted octanol–water partition coefficient (Wildman–Crippen LogP) is 4.00. The van der Waals surface area contributed by atoms with E-state index in [2.05, 4.69) is 15.4 Å². The minimum absolute atomic E-state index is 0.252. The number of rotatable bonds is 5. The van der Waals surface area contributed by atoms with Gasteiger partial charge in [-0.3, -0.25) is 9.78 Å². The Labute approximate surface area is 161 Å². The second-order valence-corrected chi connectivity index (χ2v) is 6.16. The lowest BCUT2D eigenvalue weighted by atomic mass is 10.1. The standard InChI is InChI=1S/C22H17FN4O/c23-17-9-11-19(12-10-17)27-21(16-6-2-1-3-7-16)20(15-26-27)22(28)25-14-18-8-4-5-13-24-18/h1-13,15H,14H2,(H,25,28). The summed E-state index contributed by atoms with van der Waals surface area (Å²) in [5.41, 5.74) is 3.36. The molecule has 5 nitrogen and oxygen atoms in total. The van der Waals surface area contributed by atoms with Gasteiger partial charge < -0.3 is 5.32 Å². The number of amides is 1. The van der Waals surface area contributed by atoms with Crippen molar-refractivity contribution in [3.8, 4) is 16.9 Å². The van der Waals surface area contributed by atoms with E-state index in [0.29, 0.717) is 23.5 Å². The first-order valence-electron chi connectivity index (χ1n) is 8.80. The zero-order chi connectivity index (χ0) is 19.3. The van der Waals surface area contributed by atoms with Gasteiger partial charge in [0.1, 0.15) is 5.82 Å². The van der Waals surface area contributed by atoms with Crippen molar-refractivity contribution >= 4 is 5.91 Å². The Morgan fingerprint density at radius 2 is 1.71 bits per heavy atom. The summed E-state index contributed by atoms with van der Waals surface area (Å²) in [6.45, 7) is 0.315. The molecule has 1 N–H and O–H groups in total. The highest BCUT2D eigenvalue weighted by Gasteiger charge is 2.20. The van der Waals surface area contributed by atoms with Gasteiger partial charge in [0, 0.05) is 11.8 Å². The molecule has 138 valence electrons. The van der Waals surface area contributed by atoms with E-state index in [1.807, 2.05) is 48.5 Å². The largest absolute Gasteiger partial charge is 0.346 e. The molecule has 6 heteroatoms. The summed E-state index contributed by atoms with van der Waals surface area (Å²) in [7, 11) is 0. The van der Waals surface area contributed by atoms with Gasteiger partial charge in [-0.1, -0.05) is 36.4 Å². The number of pyridine rings is 1. The lowest BCUT2D eigenvalue weighted by Crippen LogP contribution is -2.23. The van der Waals surface area contributed by atoms with E-state index in [1.54, 1.807) is 23.0 Å². The van der Waals surface area contributed by atoms with Gasteiger partial charge in [0.2, 0.25) is 0 Å². The molecule has 2 aromatic heterocycles. The number of hydrogen-bond acceptors (Lipinski definition) is 3. The second-order valence-electron chi connectivity index (χ2n) is 6.16. The molecule has 0 atom stereocenters. The van der Waals surface area contributed by atoms with Crippen molar-refractivity contribution in [2.75, 3.05) is 0 Å². The molecule has 0 aliphatic rings. The first-order chi connectivity index (χ1) is 13.7. The fraction of sp³-hybridized carbons (Fsp3) is 0.0455. The number of aromatic nitrogens is 3. The summed E-state index contributed by atoms with van der Waals surface area (Å²) >= 11 is 0. The third-order valence-electron chi connectivity index (χ3n) is 4.29.